The van der Waals surface area contributed by atoms with Crippen LogP contribution in [0, 0.1) is 0 Å². The second kappa shape index (κ2) is 9.60. The number of methoxy groups -OCH3 is 1. The van der Waals surface area contributed by atoms with Crippen molar-refractivity contribution in [2.75, 3.05) is 34.0 Å². The molecule has 7 heteroatoms. The summed E-state index contributed by atoms with van der Waals surface area (Å²) >= 11 is 0. The summed E-state index contributed by atoms with van der Waals surface area (Å²) in [6.45, 7) is 1.16. The lowest BCUT2D eigenvalue weighted by atomic mass is 10.1. The fourth-order valence-corrected chi connectivity index (χ4v) is 3.47. The van der Waals surface area contributed by atoms with E-state index in [0.717, 1.165) is 28.5 Å². The lowest BCUT2D eigenvalue weighted by Gasteiger charge is -2.18. The molecule has 0 saturated heterocycles. The van der Waals surface area contributed by atoms with E-state index in [1.807, 2.05) is 36.4 Å². The maximum Gasteiger partial charge on any atom is 0.338 e. The molecule has 0 N–H and O–H groups in total. The Morgan fingerprint density at radius 2 is 1.69 bits per heavy atom. The van der Waals surface area contributed by atoms with Crippen LogP contribution in [0.1, 0.15) is 22.3 Å². The van der Waals surface area contributed by atoms with Crippen molar-refractivity contribution in [1.82, 2.24) is 4.90 Å². The van der Waals surface area contributed by atoms with Crippen LogP contribution in [-0.4, -0.2) is 50.8 Å². The first-order valence-electron chi connectivity index (χ1n) is 10.4. The molecule has 1 heterocycles. The van der Waals surface area contributed by atoms with Crippen LogP contribution < -0.4 is 14.2 Å². The lowest BCUT2D eigenvalue weighted by molar-refractivity contribution is -0.133. The standard InChI is InChI=1S/C25H25NO6/c1-26(15-17-4-5-19-13-21(29-2)8-6-18(19)12-17)24(27)16-32-25(28)20-7-9-22-23(14-20)31-11-3-10-30-22/h4-9,12-14H,3,10-11,15-16H2,1-2H3. The van der Waals surface area contributed by atoms with Gasteiger partial charge in [-0.15, -0.1) is 0 Å². The summed E-state index contributed by atoms with van der Waals surface area (Å²) in [6, 6.07) is 16.7. The van der Waals surface area contributed by atoms with E-state index < -0.39 is 5.97 Å². The molecule has 0 bridgehead atoms. The first-order valence-corrected chi connectivity index (χ1v) is 10.4. The number of rotatable bonds is 6. The summed E-state index contributed by atoms with van der Waals surface area (Å²) in [5.74, 6) is 1.04. The maximum absolute atomic E-state index is 12.5. The fourth-order valence-electron chi connectivity index (χ4n) is 3.47. The van der Waals surface area contributed by atoms with E-state index in [4.69, 9.17) is 18.9 Å². The van der Waals surface area contributed by atoms with Crippen LogP contribution in [0.5, 0.6) is 17.2 Å². The van der Waals surface area contributed by atoms with Crippen LogP contribution in [0.15, 0.2) is 54.6 Å². The molecule has 1 amide bonds. The summed E-state index contributed by atoms with van der Waals surface area (Å²) < 4.78 is 21.6. The number of hydrogen-bond acceptors (Lipinski definition) is 6. The van der Waals surface area contributed by atoms with Crippen LogP contribution in [0.4, 0.5) is 0 Å². The van der Waals surface area contributed by atoms with Gasteiger partial charge in [-0.1, -0.05) is 18.2 Å². The highest BCUT2D eigenvalue weighted by Crippen LogP contribution is 2.30. The maximum atomic E-state index is 12.5. The summed E-state index contributed by atoms with van der Waals surface area (Å²) in [7, 11) is 3.32. The molecule has 0 spiro atoms. The van der Waals surface area contributed by atoms with E-state index in [9.17, 15) is 9.59 Å². The van der Waals surface area contributed by atoms with Gasteiger partial charge in [0.2, 0.25) is 0 Å². The summed E-state index contributed by atoms with van der Waals surface area (Å²) in [4.78, 5) is 26.4. The second-order valence-corrected chi connectivity index (χ2v) is 7.59. The van der Waals surface area contributed by atoms with Crippen LogP contribution in [0.3, 0.4) is 0 Å². The zero-order valence-electron chi connectivity index (χ0n) is 18.1. The highest BCUT2D eigenvalue weighted by Gasteiger charge is 2.17. The van der Waals surface area contributed by atoms with Gasteiger partial charge in [0.25, 0.3) is 5.91 Å². The minimum atomic E-state index is -0.581. The van der Waals surface area contributed by atoms with Gasteiger partial charge >= 0.3 is 5.97 Å². The van der Waals surface area contributed by atoms with Gasteiger partial charge in [0.05, 0.1) is 25.9 Å². The van der Waals surface area contributed by atoms with Gasteiger partial charge in [-0.2, -0.15) is 0 Å². The molecule has 0 unspecified atom stereocenters. The highest BCUT2D eigenvalue weighted by atomic mass is 16.5. The Bertz CT molecular complexity index is 1140. The normalized spacial score (nSPS) is 12.7. The van der Waals surface area contributed by atoms with E-state index in [1.54, 1.807) is 32.4 Å². The van der Waals surface area contributed by atoms with Gasteiger partial charge in [0, 0.05) is 20.0 Å². The molecule has 166 valence electrons. The number of carbonyl (C=O) groups is 2. The first-order chi connectivity index (χ1) is 15.5. The molecule has 0 saturated carbocycles. The SMILES string of the molecule is COc1ccc2cc(CN(C)C(=O)COC(=O)c3ccc4c(c3)OCCCO4)ccc2c1. The van der Waals surface area contributed by atoms with Crippen LogP contribution in [0.2, 0.25) is 0 Å². The van der Waals surface area contributed by atoms with E-state index in [-0.39, 0.29) is 12.5 Å². The van der Waals surface area contributed by atoms with Crippen molar-refractivity contribution >= 4 is 22.6 Å². The molecular weight excluding hydrogens is 410 g/mol. The Morgan fingerprint density at radius 1 is 0.938 bits per heavy atom. The van der Waals surface area contributed by atoms with Crippen molar-refractivity contribution in [2.24, 2.45) is 0 Å². The van der Waals surface area contributed by atoms with Crippen molar-refractivity contribution in [2.45, 2.75) is 13.0 Å². The lowest BCUT2D eigenvalue weighted by Crippen LogP contribution is -2.30. The molecule has 0 fully saturated rings. The Kier molecular flexibility index (Phi) is 6.44. The third-order valence-electron chi connectivity index (χ3n) is 5.27. The number of ether oxygens (including phenoxy) is 4. The molecule has 0 aromatic heterocycles. The smallest absolute Gasteiger partial charge is 0.338 e. The number of nitrogens with zero attached hydrogens (tertiary/aromatic N) is 1. The molecular formula is C25H25NO6. The largest absolute Gasteiger partial charge is 0.497 e. The summed E-state index contributed by atoms with van der Waals surface area (Å²) in [5.41, 5.74) is 1.29. The van der Waals surface area contributed by atoms with E-state index in [0.29, 0.717) is 36.8 Å². The van der Waals surface area contributed by atoms with Crippen LogP contribution in [-0.2, 0) is 16.1 Å². The zero-order chi connectivity index (χ0) is 22.5. The second-order valence-electron chi connectivity index (χ2n) is 7.59. The van der Waals surface area contributed by atoms with Gasteiger partial charge in [-0.3, -0.25) is 4.79 Å². The quantitative estimate of drug-likeness (QED) is 0.548. The molecule has 1 aliphatic rings. The van der Waals surface area contributed by atoms with Crippen molar-refractivity contribution < 1.29 is 28.5 Å². The number of benzene rings is 3. The monoisotopic (exact) mass is 435 g/mol. The minimum Gasteiger partial charge on any atom is -0.497 e. The Labute approximate surface area is 186 Å². The third-order valence-corrected chi connectivity index (χ3v) is 5.27. The molecule has 7 nitrogen and oxygen atoms in total. The van der Waals surface area contributed by atoms with E-state index in [2.05, 4.69) is 0 Å². The molecule has 0 radical (unpaired) electrons. The van der Waals surface area contributed by atoms with E-state index in [1.165, 1.54) is 4.90 Å². The van der Waals surface area contributed by atoms with Gasteiger partial charge in [-0.25, -0.2) is 4.79 Å². The molecule has 0 aliphatic carbocycles. The topological polar surface area (TPSA) is 74.3 Å². The van der Waals surface area contributed by atoms with Gasteiger partial charge in [-0.05, 0) is 52.7 Å². The molecule has 32 heavy (non-hydrogen) atoms. The Balaban J connectivity index is 1.34. The summed E-state index contributed by atoms with van der Waals surface area (Å²) in [5, 5.41) is 2.12. The van der Waals surface area contributed by atoms with Crippen molar-refractivity contribution in [1.29, 1.82) is 0 Å². The Hall–Kier alpha value is -3.74. The number of amides is 1. The number of carbonyl (C=O) groups excluding carboxylic acids is 2. The van der Waals surface area contributed by atoms with E-state index >= 15 is 0 Å². The highest BCUT2D eigenvalue weighted by molar-refractivity contribution is 5.92. The van der Waals surface area contributed by atoms with Crippen molar-refractivity contribution in [3.05, 3.63) is 65.7 Å². The molecule has 4 rings (SSSR count). The number of likely N-dealkylation sites (N-methyl/N-ethyl adjacent to an activating group) is 1. The minimum absolute atomic E-state index is 0.289. The first kappa shape index (κ1) is 21.5. The molecule has 3 aromatic carbocycles. The predicted octanol–water partition coefficient (Wildman–Crippen LogP) is 3.83. The zero-order valence-corrected chi connectivity index (χ0v) is 18.1. The fraction of sp³-hybridized carbons (Fsp3) is 0.280. The number of hydrogen-bond donors (Lipinski definition) is 0. The molecule has 0 atom stereocenters. The van der Waals surface area contributed by atoms with Crippen LogP contribution in [0.25, 0.3) is 10.8 Å². The van der Waals surface area contributed by atoms with Crippen LogP contribution >= 0.6 is 0 Å². The van der Waals surface area contributed by atoms with Gasteiger partial charge in [0.1, 0.15) is 5.75 Å². The summed E-state index contributed by atoms with van der Waals surface area (Å²) in [6.07, 6.45) is 0.778. The average molecular weight is 435 g/mol. The third kappa shape index (κ3) is 4.94. The Morgan fingerprint density at radius 3 is 2.50 bits per heavy atom. The average Bonchev–Trinajstić information content (AvgIpc) is 3.06. The molecule has 3 aromatic rings. The van der Waals surface area contributed by atoms with Crippen molar-refractivity contribution in [3.8, 4) is 17.2 Å². The predicted molar refractivity (Wildman–Crippen MR) is 119 cm³/mol. The van der Waals surface area contributed by atoms with Crippen molar-refractivity contribution in [3.63, 3.8) is 0 Å². The molecule has 1 aliphatic heterocycles. The number of esters is 1. The van der Waals surface area contributed by atoms with Gasteiger partial charge in [0.15, 0.2) is 18.1 Å². The van der Waals surface area contributed by atoms with Gasteiger partial charge < -0.3 is 23.8 Å². The number of fused-ring (bicyclic) bond motifs is 2.